The Hall–Kier alpha value is -0.203. The first kappa shape index (κ1) is 11.8. The van der Waals surface area contributed by atoms with Gasteiger partial charge in [0.25, 0.3) is 15.7 Å². The van der Waals surface area contributed by atoms with Gasteiger partial charge in [0.1, 0.15) is 6.61 Å². The van der Waals surface area contributed by atoms with Gasteiger partial charge in [-0.15, -0.1) is 6.58 Å². The van der Waals surface area contributed by atoms with E-state index >= 15 is 0 Å². The van der Waals surface area contributed by atoms with Gasteiger partial charge in [-0.1, -0.05) is 5.70 Å². The van der Waals surface area contributed by atoms with Crippen molar-refractivity contribution in [2.75, 3.05) is 27.9 Å². The van der Waals surface area contributed by atoms with Crippen molar-refractivity contribution in [3.05, 3.63) is 12.3 Å². The molecule has 0 atom stereocenters. The maximum Gasteiger partial charge on any atom is 0.297 e. The molecule has 0 rings (SSSR count). The van der Waals surface area contributed by atoms with Crippen LogP contribution < -0.4 is 0 Å². The third-order valence-corrected chi connectivity index (χ3v) is 1.84. The lowest BCUT2D eigenvalue weighted by Crippen LogP contribution is -2.42. The zero-order valence-corrected chi connectivity index (χ0v) is 8.62. The number of methoxy groups -OCH3 is 3. The minimum absolute atomic E-state index is 0.124. The van der Waals surface area contributed by atoms with E-state index in [0.29, 0.717) is 0 Å². The van der Waals surface area contributed by atoms with Gasteiger partial charge < -0.3 is 18.6 Å². The lowest BCUT2D eigenvalue weighted by Gasteiger charge is -2.28. The Morgan fingerprint density at radius 3 is 2.25 bits per heavy atom. The van der Waals surface area contributed by atoms with Crippen LogP contribution in [0.25, 0.3) is 0 Å². The lowest BCUT2D eigenvalue weighted by molar-refractivity contribution is -0.339. The molecule has 0 aromatic heterocycles. The Morgan fingerprint density at radius 2 is 1.92 bits per heavy atom. The first-order chi connectivity index (χ1) is 5.74. The zero-order valence-electron chi connectivity index (χ0n) is 7.62. The molecule has 0 amide bonds. The third-order valence-electron chi connectivity index (χ3n) is 1.24. The van der Waals surface area contributed by atoms with E-state index in [2.05, 4.69) is 6.58 Å². The van der Waals surface area contributed by atoms with E-state index in [1.165, 1.54) is 14.2 Å². The summed E-state index contributed by atoms with van der Waals surface area (Å²) in [5.41, 5.74) is 1.64. The molecule has 0 saturated carbocycles. The fraction of sp³-hybridized carbons (Fsp3) is 0.714. The van der Waals surface area contributed by atoms with E-state index in [1.54, 1.807) is 12.8 Å². The molecule has 0 aromatic rings. The summed E-state index contributed by atoms with van der Waals surface area (Å²) in [4.78, 5) is 0. The van der Waals surface area contributed by atoms with Crippen LogP contribution in [0.5, 0.6) is 0 Å². The first-order valence-electron chi connectivity index (χ1n) is 3.38. The van der Waals surface area contributed by atoms with Crippen molar-refractivity contribution in [1.82, 2.24) is 0 Å². The molecule has 12 heavy (non-hydrogen) atoms. The predicted molar refractivity (Wildman–Crippen MR) is 45.7 cm³/mol. The van der Waals surface area contributed by atoms with Crippen LogP contribution in [0.3, 0.4) is 0 Å². The molecule has 0 saturated heterocycles. The first-order valence-corrected chi connectivity index (χ1v) is 4.37. The van der Waals surface area contributed by atoms with Gasteiger partial charge in [-0.05, 0) is 0 Å². The molecule has 0 aromatic carbocycles. The van der Waals surface area contributed by atoms with Crippen LogP contribution in [0.2, 0.25) is 0 Å². The van der Waals surface area contributed by atoms with E-state index in [4.69, 9.17) is 18.6 Å². The Balaban J connectivity index is 4.03. The summed E-state index contributed by atoms with van der Waals surface area (Å²) in [6, 6.07) is 0. The van der Waals surface area contributed by atoms with E-state index in [9.17, 15) is 0 Å². The lowest BCUT2D eigenvalue weighted by atomic mass is 10.6. The predicted octanol–water partition coefficient (Wildman–Crippen LogP) is 0.359. The van der Waals surface area contributed by atoms with Crippen molar-refractivity contribution >= 4 is 9.76 Å². The van der Waals surface area contributed by atoms with Crippen molar-refractivity contribution < 1.29 is 18.6 Å². The maximum absolute atomic E-state index is 5.26. The zero-order chi connectivity index (χ0) is 9.45. The summed E-state index contributed by atoms with van der Waals surface area (Å²) in [6.45, 7) is 3.75. The average molecular weight is 190 g/mol. The van der Waals surface area contributed by atoms with Crippen molar-refractivity contribution in [3.8, 4) is 0 Å². The SMILES string of the molecule is C=C[Si]OC(COC)(OC)OC. The van der Waals surface area contributed by atoms with Crippen LogP contribution in [0.1, 0.15) is 0 Å². The molecule has 4 nitrogen and oxygen atoms in total. The van der Waals surface area contributed by atoms with Gasteiger partial charge in [-0.3, -0.25) is 0 Å². The molecule has 0 unspecified atom stereocenters. The van der Waals surface area contributed by atoms with E-state index < -0.39 is 5.97 Å². The van der Waals surface area contributed by atoms with Crippen LogP contribution in [0.15, 0.2) is 12.3 Å². The minimum Gasteiger partial charge on any atom is -0.376 e. The fourth-order valence-electron chi connectivity index (χ4n) is 0.622. The Morgan fingerprint density at radius 1 is 1.33 bits per heavy atom. The molecule has 0 aliphatic carbocycles. The van der Waals surface area contributed by atoms with Gasteiger partial charge in [0.15, 0.2) is 0 Å². The second kappa shape index (κ2) is 6.33. The Bertz CT molecular complexity index is 125. The summed E-state index contributed by atoms with van der Waals surface area (Å²) >= 11 is 0. The standard InChI is InChI=1S/C7H14O4Si/c1-5-12-11-7(9-3,10-4)6-8-2/h5H,1,6H2,2-4H3. The van der Waals surface area contributed by atoms with Crippen molar-refractivity contribution in [2.24, 2.45) is 0 Å². The molecule has 2 radical (unpaired) electrons. The van der Waals surface area contributed by atoms with Crippen molar-refractivity contribution in [3.63, 3.8) is 0 Å². The summed E-state index contributed by atoms with van der Waals surface area (Å²) in [5.74, 6) is -1.10. The Labute approximate surface area is 75.4 Å². The molecule has 0 aliphatic heterocycles. The molecular formula is C7H14O4Si. The highest BCUT2D eigenvalue weighted by atomic mass is 28.2. The summed E-state index contributed by atoms with van der Waals surface area (Å²) < 4.78 is 20.2. The summed E-state index contributed by atoms with van der Waals surface area (Å²) in [6.07, 6.45) is 0. The maximum atomic E-state index is 5.26. The highest BCUT2D eigenvalue weighted by Gasteiger charge is 2.30. The highest BCUT2D eigenvalue weighted by molar-refractivity contribution is 6.34. The third kappa shape index (κ3) is 3.46. The highest BCUT2D eigenvalue weighted by Crippen LogP contribution is 2.12. The summed E-state index contributed by atoms with van der Waals surface area (Å²) in [7, 11) is 4.66. The summed E-state index contributed by atoms with van der Waals surface area (Å²) in [5, 5.41) is 0. The van der Waals surface area contributed by atoms with Gasteiger partial charge in [0.2, 0.25) is 0 Å². The normalized spacial score (nSPS) is 11.6. The van der Waals surface area contributed by atoms with Crippen LogP contribution in [-0.4, -0.2) is 43.7 Å². The molecular weight excluding hydrogens is 176 g/mol. The van der Waals surface area contributed by atoms with E-state index in [0.717, 1.165) is 0 Å². The quantitative estimate of drug-likeness (QED) is 0.429. The largest absolute Gasteiger partial charge is 0.376 e. The molecule has 0 spiro atoms. The molecule has 0 fully saturated rings. The second-order valence-electron chi connectivity index (χ2n) is 1.95. The molecule has 70 valence electrons. The van der Waals surface area contributed by atoms with Gasteiger partial charge in [-0.2, -0.15) is 0 Å². The molecule has 0 heterocycles. The van der Waals surface area contributed by atoms with Crippen LogP contribution in [-0.2, 0) is 18.6 Å². The fourth-order valence-corrected chi connectivity index (χ4v) is 1.11. The topological polar surface area (TPSA) is 36.9 Å². The minimum atomic E-state index is -1.10. The number of hydrogen-bond acceptors (Lipinski definition) is 4. The molecule has 0 aliphatic rings. The van der Waals surface area contributed by atoms with Crippen LogP contribution >= 0.6 is 0 Å². The van der Waals surface area contributed by atoms with Crippen LogP contribution in [0, 0.1) is 0 Å². The van der Waals surface area contributed by atoms with Gasteiger partial charge in [0, 0.05) is 21.3 Å². The monoisotopic (exact) mass is 190 g/mol. The molecule has 5 heteroatoms. The number of ether oxygens (including phenoxy) is 3. The van der Waals surface area contributed by atoms with Crippen molar-refractivity contribution in [2.45, 2.75) is 5.97 Å². The van der Waals surface area contributed by atoms with Gasteiger partial charge in [-0.25, -0.2) is 0 Å². The number of rotatable bonds is 7. The van der Waals surface area contributed by atoms with E-state index in [-0.39, 0.29) is 16.4 Å². The van der Waals surface area contributed by atoms with E-state index in [1.807, 2.05) is 0 Å². The Kier molecular flexibility index (Phi) is 6.22. The number of hydrogen-bond donors (Lipinski definition) is 0. The second-order valence-corrected chi connectivity index (χ2v) is 2.80. The molecule has 0 bridgehead atoms. The van der Waals surface area contributed by atoms with Crippen molar-refractivity contribution in [1.29, 1.82) is 0 Å². The van der Waals surface area contributed by atoms with Gasteiger partial charge >= 0.3 is 0 Å². The average Bonchev–Trinajstić information content (AvgIpc) is 2.13. The smallest absolute Gasteiger partial charge is 0.297 e. The molecule has 0 N–H and O–H groups in total. The van der Waals surface area contributed by atoms with Crippen LogP contribution in [0.4, 0.5) is 0 Å². The van der Waals surface area contributed by atoms with Gasteiger partial charge in [0.05, 0.1) is 0 Å².